The number of aromatic amines is 1. The molecule has 1 N–H and O–H groups in total. The van der Waals surface area contributed by atoms with E-state index in [2.05, 4.69) is 55.7 Å². The van der Waals surface area contributed by atoms with Gasteiger partial charge in [-0.2, -0.15) is 11.8 Å². The molecule has 0 fully saturated rings. The van der Waals surface area contributed by atoms with Crippen LogP contribution in [0.4, 0.5) is 0 Å². The van der Waals surface area contributed by atoms with E-state index >= 15 is 0 Å². The van der Waals surface area contributed by atoms with Gasteiger partial charge in [0.05, 0.1) is 16.7 Å². The zero-order chi connectivity index (χ0) is 15.4. The highest BCUT2D eigenvalue weighted by Crippen LogP contribution is 2.27. The molecule has 2 rings (SSSR count). The largest absolute Gasteiger partial charge is 0.309 e. The Morgan fingerprint density at radius 1 is 1.33 bits per heavy atom. The van der Waals surface area contributed by atoms with E-state index in [9.17, 15) is 4.79 Å². The highest BCUT2D eigenvalue weighted by molar-refractivity contribution is 9.11. The lowest BCUT2D eigenvalue weighted by Crippen LogP contribution is -2.12. The van der Waals surface area contributed by atoms with Gasteiger partial charge in [0.15, 0.2) is 0 Å². The van der Waals surface area contributed by atoms with Gasteiger partial charge in [0.1, 0.15) is 5.82 Å². The third kappa shape index (κ3) is 4.33. The lowest BCUT2D eigenvalue weighted by molar-refractivity contribution is 0.718. The van der Waals surface area contributed by atoms with Crippen molar-refractivity contribution < 1.29 is 0 Å². The number of fused-ring (bicyclic) bond motifs is 1. The zero-order valence-corrected chi connectivity index (χ0v) is 16.1. The van der Waals surface area contributed by atoms with Crippen molar-refractivity contribution in [2.45, 2.75) is 44.1 Å². The maximum Gasteiger partial charge on any atom is 0.258 e. The van der Waals surface area contributed by atoms with Crippen molar-refractivity contribution in [3.05, 3.63) is 37.3 Å². The van der Waals surface area contributed by atoms with Crippen LogP contribution in [0.15, 0.2) is 25.9 Å². The van der Waals surface area contributed by atoms with Gasteiger partial charge in [0.2, 0.25) is 0 Å². The fourth-order valence-electron chi connectivity index (χ4n) is 2.21. The van der Waals surface area contributed by atoms with Crippen LogP contribution in [0.2, 0.25) is 0 Å². The van der Waals surface area contributed by atoms with Crippen LogP contribution < -0.4 is 5.56 Å². The van der Waals surface area contributed by atoms with Gasteiger partial charge in [0, 0.05) is 14.2 Å². The Labute approximate surface area is 145 Å². The summed E-state index contributed by atoms with van der Waals surface area (Å²) in [5.74, 6) is 1.49. The second-order valence-corrected chi connectivity index (χ2v) is 7.99. The quantitative estimate of drug-likeness (QED) is 0.675. The summed E-state index contributed by atoms with van der Waals surface area (Å²) in [5, 5.41) is 1.23. The van der Waals surface area contributed by atoms with Crippen LogP contribution in [-0.4, -0.2) is 15.2 Å². The van der Waals surface area contributed by atoms with Crippen molar-refractivity contribution in [2.75, 3.05) is 0 Å². The number of rotatable bonds is 6. The minimum Gasteiger partial charge on any atom is -0.309 e. The van der Waals surface area contributed by atoms with Crippen molar-refractivity contribution in [3.63, 3.8) is 0 Å². The Bertz CT molecular complexity index is 687. The van der Waals surface area contributed by atoms with Gasteiger partial charge in [-0.25, -0.2) is 4.98 Å². The molecule has 1 atom stereocenters. The van der Waals surface area contributed by atoms with E-state index in [1.807, 2.05) is 17.8 Å². The molecule has 1 aromatic carbocycles. The maximum absolute atomic E-state index is 12.2. The molecule has 0 aliphatic carbocycles. The third-order valence-electron chi connectivity index (χ3n) is 3.30. The summed E-state index contributed by atoms with van der Waals surface area (Å²) in [6.45, 7) is 4.41. The zero-order valence-electron chi connectivity index (χ0n) is 12.1. The van der Waals surface area contributed by atoms with E-state index in [1.54, 1.807) is 6.07 Å². The molecule has 0 spiro atoms. The molecule has 1 unspecified atom stereocenters. The molecule has 0 aliphatic heterocycles. The van der Waals surface area contributed by atoms with Crippen molar-refractivity contribution in [1.82, 2.24) is 9.97 Å². The van der Waals surface area contributed by atoms with E-state index in [1.165, 1.54) is 12.8 Å². The number of nitrogens with zero attached hydrogens (tertiary/aromatic N) is 1. The Balaban J connectivity index is 2.28. The SMILES string of the molecule is CCCC(CC)SCc1nc2c(Br)cc(Br)cc2c(=O)[nH]1. The van der Waals surface area contributed by atoms with Crippen LogP contribution in [0.3, 0.4) is 0 Å². The summed E-state index contributed by atoms with van der Waals surface area (Å²) < 4.78 is 1.70. The summed E-state index contributed by atoms with van der Waals surface area (Å²) in [5.41, 5.74) is 0.641. The van der Waals surface area contributed by atoms with Crippen LogP contribution in [0, 0.1) is 0 Å². The molecular formula is C15H18Br2N2OS. The van der Waals surface area contributed by atoms with Crippen molar-refractivity contribution >= 4 is 54.5 Å². The van der Waals surface area contributed by atoms with E-state index < -0.39 is 0 Å². The summed E-state index contributed by atoms with van der Waals surface area (Å²) in [6, 6.07) is 3.71. The number of hydrogen-bond acceptors (Lipinski definition) is 3. The first kappa shape index (κ1) is 17.0. The molecule has 3 nitrogen and oxygen atoms in total. The highest BCUT2D eigenvalue weighted by atomic mass is 79.9. The van der Waals surface area contributed by atoms with Gasteiger partial charge in [-0.05, 0) is 40.9 Å². The first-order valence-corrected chi connectivity index (χ1v) is 9.68. The smallest absolute Gasteiger partial charge is 0.258 e. The van der Waals surface area contributed by atoms with Crippen LogP contribution in [0.1, 0.15) is 38.9 Å². The topological polar surface area (TPSA) is 45.8 Å². The van der Waals surface area contributed by atoms with Gasteiger partial charge >= 0.3 is 0 Å². The minimum absolute atomic E-state index is 0.0823. The number of H-pyrrole nitrogens is 1. The third-order valence-corrected chi connectivity index (χ3v) is 5.84. The first-order valence-electron chi connectivity index (χ1n) is 7.04. The van der Waals surface area contributed by atoms with Crippen LogP contribution in [-0.2, 0) is 5.75 Å². The summed E-state index contributed by atoms with van der Waals surface area (Å²) >= 11 is 8.75. The maximum atomic E-state index is 12.2. The van der Waals surface area contributed by atoms with Crippen molar-refractivity contribution in [2.24, 2.45) is 0 Å². The molecule has 1 aromatic heterocycles. The van der Waals surface area contributed by atoms with E-state index in [4.69, 9.17) is 0 Å². The lowest BCUT2D eigenvalue weighted by Gasteiger charge is -2.13. The number of thioether (sulfide) groups is 1. The van der Waals surface area contributed by atoms with Crippen LogP contribution in [0.25, 0.3) is 10.9 Å². The van der Waals surface area contributed by atoms with E-state index in [0.717, 1.165) is 32.5 Å². The predicted molar refractivity (Wildman–Crippen MR) is 98.0 cm³/mol. The van der Waals surface area contributed by atoms with Gasteiger partial charge in [0.25, 0.3) is 5.56 Å². The Kier molecular flexibility index (Phi) is 6.32. The lowest BCUT2D eigenvalue weighted by atomic mass is 10.2. The molecule has 0 aliphatic rings. The molecule has 114 valence electrons. The van der Waals surface area contributed by atoms with Gasteiger partial charge in [-0.1, -0.05) is 36.2 Å². The summed E-state index contributed by atoms with van der Waals surface area (Å²) in [4.78, 5) is 19.7. The van der Waals surface area contributed by atoms with Crippen LogP contribution in [0.5, 0.6) is 0 Å². The Morgan fingerprint density at radius 2 is 2.10 bits per heavy atom. The summed E-state index contributed by atoms with van der Waals surface area (Å²) in [6.07, 6.45) is 3.54. The van der Waals surface area contributed by atoms with Gasteiger partial charge in [-0.15, -0.1) is 0 Å². The Morgan fingerprint density at radius 3 is 2.76 bits per heavy atom. The molecule has 0 bridgehead atoms. The number of hydrogen-bond donors (Lipinski definition) is 1. The van der Waals surface area contributed by atoms with Gasteiger partial charge < -0.3 is 4.98 Å². The monoisotopic (exact) mass is 432 g/mol. The van der Waals surface area contributed by atoms with E-state index in [-0.39, 0.29) is 5.56 Å². The number of halogens is 2. The molecule has 1 heterocycles. The molecule has 0 radical (unpaired) electrons. The standard InChI is InChI=1S/C15H18Br2N2OS/c1-3-5-10(4-2)21-8-13-18-14-11(15(20)19-13)6-9(16)7-12(14)17/h6-7,10H,3-5,8H2,1-2H3,(H,18,19,20). The summed E-state index contributed by atoms with van der Waals surface area (Å²) in [7, 11) is 0. The Hall–Kier alpha value is -0.330. The van der Waals surface area contributed by atoms with Crippen molar-refractivity contribution in [3.8, 4) is 0 Å². The molecule has 0 saturated carbocycles. The molecule has 0 amide bonds. The fraction of sp³-hybridized carbons (Fsp3) is 0.467. The second-order valence-electron chi connectivity index (χ2n) is 4.93. The average Bonchev–Trinajstić information content (AvgIpc) is 2.44. The fourth-order valence-corrected chi connectivity index (χ4v) is 4.69. The number of benzene rings is 1. The van der Waals surface area contributed by atoms with Crippen molar-refractivity contribution in [1.29, 1.82) is 0 Å². The molecule has 21 heavy (non-hydrogen) atoms. The molecule has 6 heteroatoms. The predicted octanol–water partition coefficient (Wildman–Crippen LogP) is 5.26. The first-order chi connectivity index (χ1) is 10.0. The van der Waals surface area contributed by atoms with Gasteiger partial charge in [-0.3, -0.25) is 4.79 Å². The average molecular weight is 434 g/mol. The molecular weight excluding hydrogens is 416 g/mol. The molecule has 2 aromatic rings. The molecule has 0 saturated heterocycles. The number of aromatic nitrogens is 2. The normalized spacial score (nSPS) is 12.8. The highest BCUT2D eigenvalue weighted by Gasteiger charge is 2.11. The van der Waals surface area contributed by atoms with Crippen LogP contribution >= 0.6 is 43.6 Å². The number of nitrogens with one attached hydrogen (secondary N) is 1. The second kappa shape index (κ2) is 7.79. The minimum atomic E-state index is -0.0823. The van der Waals surface area contributed by atoms with E-state index in [0.29, 0.717) is 10.6 Å².